The van der Waals surface area contributed by atoms with Crippen LogP contribution in [0.5, 0.6) is 0 Å². The largest absolute Gasteiger partial charge is 0.272 e. The Labute approximate surface area is 123 Å². The molecule has 0 spiro atoms. The molecule has 0 radical (unpaired) electrons. The van der Waals surface area contributed by atoms with Crippen molar-refractivity contribution in [3.8, 4) is 0 Å². The Hall–Kier alpha value is -0.870. The lowest BCUT2D eigenvalue weighted by Gasteiger charge is -2.24. The molecule has 1 saturated carbocycles. The Morgan fingerprint density at radius 1 is 1.40 bits per heavy atom. The summed E-state index contributed by atoms with van der Waals surface area (Å²) >= 11 is 0. The van der Waals surface area contributed by atoms with Crippen LogP contribution >= 0.6 is 0 Å². The highest BCUT2D eigenvalue weighted by Gasteiger charge is 2.17. The molecule has 1 unspecified atom stereocenters. The first-order valence-corrected chi connectivity index (χ1v) is 8.20. The fraction of sp³-hybridized carbons (Fsp3) is 0.812. The van der Waals surface area contributed by atoms with E-state index in [4.69, 9.17) is 5.84 Å². The molecule has 0 saturated heterocycles. The zero-order valence-electron chi connectivity index (χ0n) is 13.1. The Kier molecular flexibility index (Phi) is 6.05. The number of hydrazine groups is 1. The summed E-state index contributed by atoms with van der Waals surface area (Å²) in [6.07, 6.45) is 11.6. The minimum absolute atomic E-state index is 0.372. The van der Waals surface area contributed by atoms with Crippen molar-refractivity contribution in [2.45, 2.75) is 70.8 Å². The van der Waals surface area contributed by atoms with Gasteiger partial charge in [0.25, 0.3) is 0 Å². The van der Waals surface area contributed by atoms with Gasteiger partial charge in [-0.25, -0.2) is 0 Å². The van der Waals surface area contributed by atoms with Gasteiger partial charge in [-0.1, -0.05) is 39.0 Å². The van der Waals surface area contributed by atoms with Crippen LogP contribution < -0.4 is 11.3 Å². The Morgan fingerprint density at radius 3 is 2.75 bits per heavy atom. The smallest absolute Gasteiger partial charge is 0.0624 e. The van der Waals surface area contributed by atoms with Crippen LogP contribution in [0, 0.1) is 5.92 Å². The summed E-state index contributed by atoms with van der Waals surface area (Å²) in [5, 5.41) is 4.51. The quantitative estimate of drug-likeness (QED) is 0.595. The van der Waals surface area contributed by atoms with E-state index in [0.717, 1.165) is 18.8 Å². The molecule has 1 fully saturated rings. The first kappa shape index (κ1) is 15.5. The fourth-order valence-electron chi connectivity index (χ4n) is 3.34. The molecule has 1 aliphatic carbocycles. The lowest BCUT2D eigenvalue weighted by molar-refractivity contribution is 0.312. The van der Waals surface area contributed by atoms with Crippen molar-refractivity contribution in [3.63, 3.8) is 0 Å². The number of nitrogens with two attached hydrogens (primary N) is 1. The van der Waals surface area contributed by atoms with Crippen LogP contribution in [0.25, 0.3) is 0 Å². The van der Waals surface area contributed by atoms with Crippen LogP contribution in [0.2, 0.25) is 0 Å². The molecular weight excluding hydrogens is 248 g/mol. The van der Waals surface area contributed by atoms with Crippen molar-refractivity contribution in [1.82, 2.24) is 15.2 Å². The SMILES string of the molecule is CCc1cc(CC(CCC2CCCCC2)NN)n(C)n1. The van der Waals surface area contributed by atoms with Gasteiger partial charge in [0.15, 0.2) is 0 Å². The van der Waals surface area contributed by atoms with Gasteiger partial charge in [0.1, 0.15) is 0 Å². The zero-order valence-corrected chi connectivity index (χ0v) is 13.1. The summed E-state index contributed by atoms with van der Waals surface area (Å²) in [5.41, 5.74) is 5.46. The monoisotopic (exact) mass is 278 g/mol. The number of rotatable bonds is 7. The Morgan fingerprint density at radius 2 is 2.15 bits per heavy atom. The summed E-state index contributed by atoms with van der Waals surface area (Å²) in [6, 6.07) is 2.59. The number of nitrogens with zero attached hydrogens (tertiary/aromatic N) is 2. The number of nitrogens with one attached hydrogen (secondary N) is 1. The van der Waals surface area contributed by atoms with Gasteiger partial charge in [0.2, 0.25) is 0 Å². The van der Waals surface area contributed by atoms with E-state index in [-0.39, 0.29) is 0 Å². The van der Waals surface area contributed by atoms with E-state index in [1.54, 1.807) is 0 Å². The third-order valence-corrected chi connectivity index (χ3v) is 4.73. The molecule has 20 heavy (non-hydrogen) atoms. The van der Waals surface area contributed by atoms with Crippen LogP contribution in [0.4, 0.5) is 0 Å². The van der Waals surface area contributed by atoms with Gasteiger partial charge in [-0.2, -0.15) is 5.10 Å². The lowest BCUT2D eigenvalue weighted by Crippen LogP contribution is -2.37. The van der Waals surface area contributed by atoms with Crippen LogP contribution in [0.3, 0.4) is 0 Å². The van der Waals surface area contributed by atoms with Gasteiger partial charge in [-0.05, 0) is 31.2 Å². The Bertz CT molecular complexity index is 393. The molecular formula is C16H30N4. The summed E-state index contributed by atoms with van der Waals surface area (Å²) in [6.45, 7) is 2.15. The van der Waals surface area contributed by atoms with Gasteiger partial charge >= 0.3 is 0 Å². The normalized spacial score (nSPS) is 18.4. The van der Waals surface area contributed by atoms with E-state index in [1.165, 1.54) is 56.3 Å². The molecule has 1 aliphatic rings. The number of hydrogen-bond donors (Lipinski definition) is 2. The van der Waals surface area contributed by atoms with Crippen LogP contribution in [-0.4, -0.2) is 15.8 Å². The van der Waals surface area contributed by atoms with E-state index in [0.29, 0.717) is 6.04 Å². The summed E-state index contributed by atoms with van der Waals surface area (Å²) in [4.78, 5) is 0. The zero-order chi connectivity index (χ0) is 14.4. The van der Waals surface area contributed by atoms with E-state index < -0.39 is 0 Å². The minimum atomic E-state index is 0.372. The van der Waals surface area contributed by atoms with E-state index in [2.05, 4.69) is 23.5 Å². The molecule has 4 heteroatoms. The van der Waals surface area contributed by atoms with Gasteiger partial charge < -0.3 is 0 Å². The van der Waals surface area contributed by atoms with Gasteiger partial charge in [0.05, 0.1) is 5.69 Å². The summed E-state index contributed by atoms with van der Waals surface area (Å²) < 4.78 is 2.00. The van der Waals surface area contributed by atoms with E-state index >= 15 is 0 Å². The van der Waals surface area contributed by atoms with Crippen molar-refractivity contribution in [3.05, 3.63) is 17.5 Å². The van der Waals surface area contributed by atoms with E-state index in [1.807, 2.05) is 11.7 Å². The maximum Gasteiger partial charge on any atom is 0.0624 e. The van der Waals surface area contributed by atoms with Gasteiger partial charge in [-0.3, -0.25) is 16.0 Å². The third-order valence-electron chi connectivity index (χ3n) is 4.73. The molecule has 114 valence electrons. The van der Waals surface area contributed by atoms with Crippen molar-refractivity contribution in [1.29, 1.82) is 0 Å². The molecule has 1 atom stereocenters. The molecule has 3 N–H and O–H groups in total. The highest BCUT2D eigenvalue weighted by Crippen LogP contribution is 2.28. The number of aromatic nitrogens is 2. The summed E-state index contributed by atoms with van der Waals surface area (Å²) in [7, 11) is 2.03. The molecule has 1 aromatic rings. The molecule has 0 amide bonds. The van der Waals surface area contributed by atoms with Crippen LogP contribution in [0.1, 0.15) is 63.3 Å². The minimum Gasteiger partial charge on any atom is -0.272 e. The average molecular weight is 278 g/mol. The molecule has 1 aromatic heterocycles. The third kappa shape index (κ3) is 4.32. The molecule has 0 aromatic carbocycles. The number of aryl methyl sites for hydroxylation is 2. The fourth-order valence-corrected chi connectivity index (χ4v) is 3.34. The highest BCUT2D eigenvalue weighted by molar-refractivity contribution is 5.11. The molecule has 0 bridgehead atoms. The molecule has 1 heterocycles. The summed E-state index contributed by atoms with van der Waals surface area (Å²) in [5.74, 6) is 6.67. The second-order valence-electron chi connectivity index (χ2n) is 6.25. The highest BCUT2D eigenvalue weighted by atomic mass is 15.3. The van der Waals surface area contributed by atoms with Crippen molar-refractivity contribution >= 4 is 0 Å². The van der Waals surface area contributed by atoms with Crippen LogP contribution in [0.15, 0.2) is 6.07 Å². The lowest BCUT2D eigenvalue weighted by atomic mass is 9.85. The maximum atomic E-state index is 5.75. The van der Waals surface area contributed by atoms with Crippen molar-refractivity contribution in [2.75, 3.05) is 0 Å². The molecule has 4 nitrogen and oxygen atoms in total. The van der Waals surface area contributed by atoms with Gasteiger partial charge in [0, 0.05) is 25.2 Å². The topological polar surface area (TPSA) is 55.9 Å². The standard InChI is InChI=1S/C16H30N4/c1-3-14-11-16(20(2)19-14)12-15(18-17)10-9-13-7-5-4-6-8-13/h11,13,15,18H,3-10,12,17H2,1-2H3. The number of hydrogen-bond acceptors (Lipinski definition) is 3. The first-order valence-electron chi connectivity index (χ1n) is 8.20. The second-order valence-corrected chi connectivity index (χ2v) is 6.25. The molecule has 0 aliphatic heterocycles. The van der Waals surface area contributed by atoms with Crippen molar-refractivity contribution < 1.29 is 0 Å². The predicted molar refractivity (Wildman–Crippen MR) is 83.2 cm³/mol. The van der Waals surface area contributed by atoms with Crippen LogP contribution in [-0.2, 0) is 19.9 Å². The molecule has 2 rings (SSSR count). The second kappa shape index (κ2) is 7.79. The average Bonchev–Trinajstić information content (AvgIpc) is 2.84. The van der Waals surface area contributed by atoms with Crippen molar-refractivity contribution in [2.24, 2.45) is 18.8 Å². The first-order chi connectivity index (χ1) is 9.72. The maximum absolute atomic E-state index is 5.75. The Balaban J connectivity index is 1.83. The van der Waals surface area contributed by atoms with Gasteiger partial charge in [-0.15, -0.1) is 0 Å². The van der Waals surface area contributed by atoms with E-state index in [9.17, 15) is 0 Å². The predicted octanol–water partition coefficient (Wildman–Crippen LogP) is 2.72.